The van der Waals surface area contributed by atoms with Crippen LogP contribution in [0.2, 0.25) is 16.6 Å². The molecule has 3 heteroatoms. The van der Waals surface area contributed by atoms with E-state index in [1.54, 1.807) is 5.57 Å². The molecule has 4 fully saturated rings. The van der Waals surface area contributed by atoms with Gasteiger partial charge in [-0.1, -0.05) is 67.0 Å². The van der Waals surface area contributed by atoms with E-state index in [2.05, 4.69) is 68.4 Å². The van der Waals surface area contributed by atoms with Crippen LogP contribution in [0.3, 0.4) is 0 Å². The van der Waals surface area contributed by atoms with Crippen molar-refractivity contribution in [3.05, 3.63) is 11.6 Å². The van der Waals surface area contributed by atoms with Crippen LogP contribution in [0.5, 0.6) is 0 Å². The van der Waals surface area contributed by atoms with Crippen LogP contribution in [0, 0.1) is 34.5 Å². The minimum absolute atomic E-state index is 0.199. The summed E-state index contributed by atoms with van der Waals surface area (Å²) in [6.45, 7) is 23.3. The molecule has 0 aromatic rings. The lowest BCUT2D eigenvalue weighted by atomic mass is 9.47. The van der Waals surface area contributed by atoms with E-state index in [4.69, 9.17) is 9.16 Å². The predicted molar refractivity (Wildman–Crippen MR) is 145 cm³/mol. The number of hydrogen-bond donors (Lipinski definition) is 0. The molecule has 5 rings (SSSR count). The summed E-state index contributed by atoms with van der Waals surface area (Å²) in [5, 5.41) is 0. The van der Waals surface area contributed by atoms with Gasteiger partial charge in [0.15, 0.2) is 0 Å². The Morgan fingerprint density at radius 1 is 0.882 bits per heavy atom. The Bertz CT molecular complexity index is 788. The molecular formula is C31H54O2Si. The smallest absolute Gasteiger partial charge is 0.200 e. The van der Waals surface area contributed by atoms with Crippen molar-refractivity contribution in [2.75, 3.05) is 6.61 Å². The highest BCUT2D eigenvalue weighted by Gasteiger charge is 2.64. The van der Waals surface area contributed by atoms with Crippen LogP contribution in [-0.4, -0.2) is 26.6 Å². The van der Waals surface area contributed by atoms with Crippen molar-refractivity contribution in [3.63, 3.8) is 0 Å². The van der Waals surface area contributed by atoms with Crippen LogP contribution in [0.15, 0.2) is 11.6 Å². The molecule has 0 spiro atoms. The first kappa shape index (κ1) is 25.5. The molecule has 4 aliphatic carbocycles. The van der Waals surface area contributed by atoms with Crippen LogP contribution in [0.4, 0.5) is 0 Å². The summed E-state index contributed by atoms with van der Waals surface area (Å²) in [7, 11) is -1.82. The topological polar surface area (TPSA) is 21.8 Å². The second-order valence-corrected chi connectivity index (χ2v) is 20.2. The van der Waals surface area contributed by atoms with Crippen LogP contribution >= 0.6 is 0 Å². The maximum atomic E-state index is 7.32. The van der Waals surface area contributed by atoms with Crippen LogP contribution in [0.25, 0.3) is 0 Å². The first-order valence-electron chi connectivity index (χ1n) is 14.9. The highest BCUT2D eigenvalue weighted by atomic mass is 28.4. The molecule has 34 heavy (non-hydrogen) atoms. The third kappa shape index (κ3) is 3.60. The average Bonchev–Trinajstić information content (AvgIpc) is 3.39. The molecule has 0 aromatic carbocycles. The Labute approximate surface area is 212 Å². The first-order chi connectivity index (χ1) is 15.9. The Morgan fingerprint density at radius 2 is 1.53 bits per heavy atom. The number of ether oxygens (including phenoxy) is 1. The molecule has 2 nitrogen and oxygen atoms in total. The SMILES string of the molecule is CC(C)[Si](O[C@H]1CC[C@@]2(C)C(=CC[C@H]3[C@@H]4CC[C@H]([C@]5(C)CO5)[C@@]4(C)CC[C@@H]32)C1)(C(C)C)C(C)C. The van der Waals surface area contributed by atoms with Gasteiger partial charge in [0.05, 0.1) is 12.2 Å². The third-order valence-electron chi connectivity index (χ3n) is 12.5. The fraction of sp³-hybridized carbons (Fsp3) is 0.935. The van der Waals surface area contributed by atoms with E-state index < -0.39 is 8.32 Å². The number of rotatable bonds is 6. The van der Waals surface area contributed by atoms with Gasteiger partial charge in [-0.2, -0.15) is 0 Å². The van der Waals surface area contributed by atoms with Crippen molar-refractivity contribution < 1.29 is 9.16 Å². The van der Waals surface area contributed by atoms with Gasteiger partial charge in [-0.15, -0.1) is 0 Å². The molecule has 0 aromatic heterocycles. The molecule has 1 heterocycles. The lowest BCUT2D eigenvalue weighted by molar-refractivity contribution is -0.0589. The summed E-state index contributed by atoms with van der Waals surface area (Å²) in [6.07, 6.45) is 14.0. The number of fused-ring (bicyclic) bond motifs is 5. The minimum atomic E-state index is -1.82. The molecule has 5 aliphatic rings. The third-order valence-corrected chi connectivity index (χ3v) is 18.6. The fourth-order valence-electron chi connectivity index (χ4n) is 10.7. The molecule has 0 N–H and O–H groups in total. The van der Waals surface area contributed by atoms with Gasteiger partial charge in [-0.05, 0) is 109 Å². The van der Waals surface area contributed by atoms with Crippen molar-refractivity contribution in [2.45, 2.75) is 142 Å². The lowest BCUT2D eigenvalue weighted by Gasteiger charge is -2.59. The zero-order valence-electron chi connectivity index (χ0n) is 23.9. The number of allylic oxidation sites excluding steroid dienone is 1. The second kappa shape index (κ2) is 8.45. The highest BCUT2D eigenvalue weighted by Crippen LogP contribution is 2.69. The molecule has 0 unspecified atom stereocenters. The van der Waals surface area contributed by atoms with Crippen LogP contribution < -0.4 is 0 Å². The van der Waals surface area contributed by atoms with Crippen molar-refractivity contribution in [3.8, 4) is 0 Å². The summed E-state index contributed by atoms with van der Waals surface area (Å²) >= 11 is 0. The van der Waals surface area contributed by atoms with Gasteiger partial charge >= 0.3 is 0 Å². The predicted octanol–water partition coefficient (Wildman–Crippen LogP) is 8.92. The zero-order chi connectivity index (χ0) is 24.7. The molecule has 0 radical (unpaired) electrons. The van der Waals surface area contributed by atoms with Gasteiger partial charge in [-0.25, -0.2) is 0 Å². The minimum Gasteiger partial charge on any atom is -0.413 e. The standard InChI is InChI=1S/C31H54O2Si/c1-20(2)34(21(3)4,22(5)6)33-24-14-16-29(7)23(18-24)10-11-25-26-12-13-28(31(9)19-32-31)30(26,8)17-15-27(25)29/h10,20-22,24-28H,11-19H2,1-9H3/t24-,25-,26-,27-,28-,29-,30-,31-/m0/s1. The van der Waals surface area contributed by atoms with Gasteiger partial charge < -0.3 is 9.16 Å². The molecule has 194 valence electrons. The maximum Gasteiger partial charge on any atom is 0.200 e. The number of hydrogen-bond acceptors (Lipinski definition) is 2. The Hall–Kier alpha value is -0.123. The molecular weight excluding hydrogens is 432 g/mol. The maximum absolute atomic E-state index is 7.32. The Balaban J connectivity index is 1.35. The van der Waals surface area contributed by atoms with Gasteiger partial charge in [0.2, 0.25) is 8.32 Å². The van der Waals surface area contributed by atoms with Gasteiger partial charge in [0, 0.05) is 6.10 Å². The van der Waals surface area contributed by atoms with E-state index in [0.29, 0.717) is 33.6 Å². The second-order valence-electron chi connectivity index (χ2n) is 14.8. The van der Waals surface area contributed by atoms with Crippen molar-refractivity contribution >= 4 is 8.32 Å². The monoisotopic (exact) mass is 486 g/mol. The van der Waals surface area contributed by atoms with Gasteiger partial charge in [-0.3, -0.25) is 0 Å². The number of epoxide rings is 1. The largest absolute Gasteiger partial charge is 0.413 e. The fourth-order valence-corrected chi connectivity index (χ4v) is 16.3. The van der Waals surface area contributed by atoms with E-state index in [1.165, 1.54) is 51.4 Å². The quantitative estimate of drug-likeness (QED) is 0.212. The van der Waals surface area contributed by atoms with E-state index in [-0.39, 0.29) is 5.60 Å². The summed E-state index contributed by atoms with van der Waals surface area (Å²) < 4.78 is 13.3. The van der Waals surface area contributed by atoms with Gasteiger partial charge in [0.1, 0.15) is 0 Å². The molecule has 0 amide bonds. The van der Waals surface area contributed by atoms with E-state index in [1.807, 2.05) is 0 Å². The van der Waals surface area contributed by atoms with E-state index >= 15 is 0 Å². The van der Waals surface area contributed by atoms with Gasteiger partial charge in [0.25, 0.3) is 0 Å². The molecule has 1 aliphatic heterocycles. The summed E-state index contributed by atoms with van der Waals surface area (Å²) in [5.74, 6) is 3.48. The molecule has 0 bridgehead atoms. The summed E-state index contributed by atoms with van der Waals surface area (Å²) in [6, 6.07) is 0. The summed E-state index contributed by atoms with van der Waals surface area (Å²) in [4.78, 5) is 0. The molecule has 8 atom stereocenters. The summed E-state index contributed by atoms with van der Waals surface area (Å²) in [5.41, 5.74) is 4.92. The molecule has 3 saturated carbocycles. The zero-order valence-corrected chi connectivity index (χ0v) is 24.9. The Kier molecular flexibility index (Phi) is 6.34. The Morgan fingerprint density at radius 3 is 2.12 bits per heavy atom. The van der Waals surface area contributed by atoms with Crippen LogP contribution in [0.1, 0.15) is 114 Å². The molecule has 1 saturated heterocycles. The van der Waals surface area contributed by atoms with E-state index in [9.17, 15) is 0 Å². The normalized spacial score (nSPS) is 46.4. The lowest BCUT2D eigenvalue weighted by Crippen LogP contribution is -2.54. The van der Waals surface area contributed by atoms with Crippen molar-refractivity contribution in [2.24, 2.45) is 34.5 Å². The van der Waals surface area contributed by atoms with Crippen LogP contribution in [-0.2, 0) is 9.16 Å². The van der Waals surface area contributed by atoms with E-state index in [0.717, 1.165) is 30.3 Å². The highest BCUT2D eigenvalue weighted by molar-refractivity contribution is 6.77. The first-order valence-corrected chi connectivity index (χ1v) is 17.0. The average molecular weight is 487 g/mol. The van der Waals surface area contributed by atoms with Crippen molar-refractivity contribution in [1.82, 2.24) is 0 Å². The van der Waals surface area contributed by atoms with Crippen molar-refractivity contribution in [1.29, 1.82) is 0 Å².